The van der Waals surface area contributed by atoms with E-state index in [2.05, 4.69) is 4.98 Å². The average molecular weight is 316 g/mol. The van der Waals surface area contributed by atoms with Gasteiger partial charge in [0.15, 0.2) is 4.32 Å². The second kappa shape index (κ2) is 5.75. The van der Waals surface area contributed by atoms with Crippen LogP contribution in [0.5, 0.6) is 0 Å². The fraction of sp³-hybridized carbons (Fsp3) is 0. The Labute approximate surface area is 130 Å². The summed E-state index contributed by atoms with van der Waals surface area (Å²) in [7, 11) is 0. The van der Waals surface area contributed by atoms with E-state index in [1.165, 1.54) is 40.9 Å². The van der Waals surface area contributed by atoms with Crippen molar-refractivity contribution in [3.8, 4) is 0 Å². The van der Waals surface area contributed by atoms with Gasteiger partial charge in [-0.1, -0.05) is 30.0 Å². The lowest BCUT2D eigenvalue weighted by Crippen LogP contribution is -2.27. The highest BCUT2D eigenvalue weighted by Crippen LogP contribution is 2.35. The van der Waals surface area contributed by atoms with Crippen molar-refractivity contribution in [1.29, 1.82) is 0 Å². The van der Waals surface area contributed by atoms with Crippen LogP contribution in [0.25, 0.3) is 6.08 Å². The van der Waals surface area contributed by atoms with Crippen LogP contribution >= 0.6 is 24.0 Å². The molecule has 1 aromatic heterocycles. The molecule has 0 spiro atoms. The van der Waals surface area contributed by atoms with Crippen LogP contribution in [0.1, 0.15) is 5.69 Å². The number of benzene rings is 1. The number of hydrogen-bond acceptors (Lipinski definition) is 4. The fourth-order valence-corrected chi connectivity index (χ4v) is 3.16. The first-order chi connectivity index (χ1) is 10.1. The first-order valence-electron chi connectivity index (χ1n) is 6.10. The molecule has 1 aromatic carbocycles. The highest BCUT2D eigenvalue weighted by atomic mass is 32.2. The summed E-state index contributed by atoms with van der Waals surface area (Å²) in [5.74, 6) is -0.574. The minimum absolute atomic E-state index is 0.220. The molecule has 21 heavy (non-hydrogen) atoms. The predicted octanol–water partition coefficient (Wildman–Crippen LogP) is 3.63. The van der Waals surface area contributed by atoms with Gasteiger partial charge in [-0.2, -0.15) is 0 Å². The maximum absolute atomic E-state index is 13.0. The molecule has 1 aliphatic rings. The highest BCUT2D eigenvalue weighted by molar-refractivity contribution is 8.27. The second-order valence-corrected chi connectivity index (χ2v) is 5.92. The van der Waals surface area contributed by atoms with Gasteiger partial charge in [0.25, 0.3) is 5.91 Å². The summed E-state index contributed by atoms with van der Waals surface area (Å²) in [5.41, 5.74) is 1.25. The Morgan fingerprint density at radius 2 is 1.95 bits per heavy atom. The van der Waals surface area contributed by atoms with Crippen LogP contribution in [0, 0.1) is 5.82 Å². The third-order valence-corrected chi connectivity index (χ3v) is 4.15. The summed E-state index contributed by atoms with van der Waals surface area (Å²) in [4.78, 5) is 18.5. The number of aromatic nitrogens is 1. The highest BCUT2D eigenvalue weighted by Gasteiger charge is 2.33. The SMILES string of the molecule is O=C1/C(=C\c2ccccn2)SC(=S)N1c1ccc(F)cc1. The molecular formula is C15H9FN2OS2. The molecule has 6 heteroatoms. The van der Waals surface area contributed by atoms with Crippen molar-refractivity contribution in [3.63, 3.8) is 0 Å². The predicted molar refractivity (Wildman–Crippen MR) is 86.3 cm³/mol. The van der Waals surface area contributed by atoms with Gasteiger partial charge in [-0.3, -0.25) is 14.7 Å². The molecule has 0 N–H and O–H groups in total. The lowest BCUT2D eigenvalue weighted by atomic mass is 10.2. The van der Waals surface area contributed by atoms with Crippen molar-refractivity contribution in [2.45, 2.75) is 0 Å². The molecule has 104 valence electrons. The van der Waals surface area contributed by atoms with Crippen molar-refractivity contribution in [2.24, 2.45) is 0 Å². The maximum Gasteiger partial charge on any atom is 0.270 e. The number of rotatable bonds is 2. The summed E-state index contributed by atoms with van der Waals surface area (Å²) >= 11 is 6.45. The Bertz CT molecular complexity index is 729. The fourth-order valence-electron chi connectivity index (χ4n) is 1.88. The largest absolute Gasteiger partial charge is 0.270 e. The van der Waals surface area contributed by atoms with Gasteiger partial charge in [0.2, 0.25) is 0 Å². The average Bonchev–Trinajstić information content (AvgIpc) is 2.76. The van der Waals surface area contributed by atoms with E-state index in [9.17, 15) is 9.18 Å². The van der Waals surface area contributed by atoms with Gasteiger partial charge in [0, 0.05) is 6.20 Å². The maximum atomic E-state index is 13.0. The molecule has 3 rings (SSSR count). The van der Waals surface area contributed by atoms with E-state index in [1.54, 1.807) is 18.3 Å². The number of carbonyl (C=O) groups excluding carboxylic acids is 1. The number of amides is 1. The van der Waals surface area contributed by atoms with Crippen molar-refractivity contribution in [3.05, 3.63) is 65.1 Å². The van der Waals surface area contributed by atoms with Gasteiger partial charge in [-0.15, -0.1) is 0 Å². The quantitative estimate of drug-likeness (QED) is 0.626. The summed E-state index contributed by atoms with van der Waals surface area (Å²) in [6, 6.07) is 11.1. The molecule has 0 radical (unpaired) electrons. The third-order valence-electron chi connectivity index (χ3n) is 2.85. The van der Waals surface area contributed by atoms with Gasteiger partial charge >= 0.3 is 0 Å². The first-order valence-corrected chi connectivity index (χ1v) is 7.32. The van der Waals surface area contributed by atoms with Gasteiger partial charge in [0.1, 0.15) is 5.82 Å². The number of halogens is 1. The lowest BCUT2D eigenvalue weighted by Gasteiger charge is -2.14. The summed E-state index contributed by atoms with van der Waals surface area (Å²) < 4.78 is 13.4. The molecule has 0 unspecified atom stereocenters. The number of thioether (sulfide) groups is 1. The van der Waals surface area contributed by atoms with Crippen molar-refractivity contribution < 1.29 is 9.18 Å². The molecular weight excluding hydrogens is 307 g/mol. The molecule has 1 fully saturated rings. The Morgan fingerprint density at radius 1 is 1.19 bits per heavy atom. The zero-order valence-electron chi connectivity index (χ0n) is 10.7. The van der Waals surface area contributed by atoms with Crippen LogP contribution in [-0.4, -0.2) is 15.2 Å². The number of carbonyl (C=O) groups is 1. The number of thiocarbonyl (C=S) groups is 1. The number of pyridine rings is 1. The number of anilines is 1. The zero-order chi connectivity index (χ0) is 14.8. The van der Waals surface area contributed by atoms with Crippen LogP contribution in [0.2, 0.25) is 0 Å². The molecule has 2 aromatic rings. The molecule has 1 amide bonds. The summed E-state index contributed by atoms with van der Waals surface area (Å²) in [5, 5.41) is 0. The molecule has 0 bridgehead atoms. The molecule has 0 aliphatic carbocycles. The van der Waals surface area contributed by atoms with Crippen LogP contribution < -0.4 is 4.90 Å². The minimum Gasteiger partial charge on any atom is -0.268 e. The van der Waals surface area contributed by atoms with Crippen LogP contribution in [0.4, 0.5) is 10.1 Å². The van der Waals surface area contributed by atoms with Crippen molar-refractivity contribution in [1.82, 2.24) is 4.98 Å². The molecule has 0 saturated carbocycles. The van der Waals surface area contributed by atoms with E-state index in [4.69, 9.17) is 12.2 Å². The number of nitrogens with zero attached hydrogens (tertiary/aromatic N) is 2. The Kier molecular flexibility index (Phi) is 3.81. The standard InChI is InChI=1S/C15H9FN2OS2/c16-10-4-6-12(7-5-10)18-14(19)13(21-15(18)20)9-11-3-1-2-8-17-11/h1-9H/b13-9+. The van der Waals surface area contributed by atoms with Crippen LogP contribution in [0.3, 0.4) is 0 Å². The van der Waals surface area contributed by atoms with Crippen LogP contribution in [0.15, 0.2) is 53.6 Å². The van der Waals surface area contributed by atoms with E-state index in [0.29, 0.717) is 20.6 Å². The number of hydrogen-bond donors (Lipinski definition) is 0. The zero-order valence-corrected chi connectivity index (χ0v) is 12.3. The smallest absolute Gasteiger partial charge is 0.268 e. The van der Waals surface area contributed by atoms with Crippen molar-refractivity contribution >= 4 is 46.0 Å². The van der Waals surface area contributed by atoms with Gasteiger partial charge in [-0.05, 0) is 42.5 Å². The molecule has 1 aliphatic heterocycles. The van der Waals surface area contributed by atoms with Gasteiger partial charge in [-0.25, -0.2) is 4.39 Å². The lowest BCUT2D eigenvalue weighted by molar-refractivity contribution is -0.113. The second-order valence-electron chi connectivity index (χ2n) is 4.25. The first kappa shape index (κ1) is 13.9. The van der Waals surface area contributed by atoms with E-state index in [1.807, 2.05) is 12.1 Å². The molecule has 3 nitrogen and oxygen atoms in total. The normalized spacial score (nSPS) is 16.8. The Balaban J connectivity index is 1.92. The molecule has 2 heterocycles. The van der Waals surface area contributed by atoms with Gasteiger partial charge < -0.3 is 0 Å². The Hall–Kier alpha value is -2.05. The van der Waals surface area contributed by atoms with Crippen LogP contribution in [-0.2, 0) is 4.79 Å². The minimum atomic E-state index is -0.354. The van der Waals surface area contributed by atoms with E-state index in [-0.39, 0.29) is 11.7 Å². The van der Waals surface area contributed by atoms with Gasteiger partial charge in [0.05, 0.1) is 16.3 Å². The summed E-state index contributed by atoms with van der Waals surface area (Å²) in [6.07, 6.45) is 3.36. The molecule has 1 saturated heterocycles. The van der Waals surface area contributed by atoms with Crippen molar-refractivity contribution in [2.75, 3.05) is 4.90 Å². The molecule has 0 atom stereocenters. The third kappa shape index (κ3) is 2.86. The van der Waals surface area contributed by atoms with E-state index in [0.717, 1.165) is 0 Å². The van der Waals surface area contributed by atoms with E-state index < -0.39 is 0 Å². The monoisotopic (exact) mass is 316 g/mol. The van der Waals surface area contributed by atoms with E-state index >= 15 is 0 Å². The topological polar surface area (TPSA) is 33.2 Å². The summed E-state index contributed by atoms with van der Waals surface area (Å²) in [6.45, 7) is 0. The Morgan fingerprint density at radius 3 is 2.62 bits per heavy atom.